The molecule has 3 nitrogen and oxygen atoms in total. The third kappa shape index (κ3) is 4.79. The van der Waals surface area contributed by atoms with Crippen LogP contribution in [0.2, 0.25) is 0 Å². The summed E-state index contributed by atoms with van der Waals surface area (Å²) >= 11 is 0. The Bertz CT molecular complexity index is 108. The van der Waals surface area contributed by atoms with Gasteiger partial charge in [-0.1, -0.05) is 13.3 Å². The van der Waals surface area contributed by atoms with E-state index in [-0.39, 0.29) is 18.3 Å². The van der Waals surface area contributed by atoms with E-state index < -0.39 is 0 Å². The Labute approximate surface area is 67.4 Å². The van der Waals surface area contributed by atoms with Crippen molar-refractivity contribution in [3.8, 4) is 0 Å². The number of aliphatic hydroxyl groups is 1. The van der Waals surface area contributed by atoms with E-state index in [9.17, 15) is 4.79 Å². The predicted octanol–water partition coefficient (Wildman–Crippen LogP) is 1.50. The minimum Gasteiger partial charge on any atom is -0.466 e. The lowest BCUT2D eigenvalue weighted by Crippen LogP contribution is -2.11. The minimum atomic E-state index is -0.246. The Morgan fingerprint density at radius 3 is 2.64 bits per heavy atom. The normalized spacial score (nSPS) is 12.6. The summed E-state index contributed by atoms with van der Waals surface area (Å²) in [4.78, 5) is 10.8. The van der Waals surface area contributed by atoms with Crippen LogP contribution in [0, 0.1) is 12.5 Å². The van der Waals surface area contributed by atoms with E-state index in [2.05, 4.69) is 0 Å². The van der Waals surface area contributed by atoms with Crippen molar-refractivity contribution in [2.24, 2.45) is 5.92 Å². The van der Waals surface area contributed by atoms with Crippen molar-refractivity contribution in [2.75, 3.05) is 6.61 Å². The Hall–Kier alpha value is -0.570. The van der Waals surface area contributed by atoms with Gasteiger partial charge in [0.2, 0.25) is 0 Å². The second-order valence-electron chi connectivity index (χ2n) is 2.33. The molecule has 1 radical (unpaired) electrons. The van der Waals surface area contributed by atoms with Crippen LogP contribution in [0.1, 0.15) is 26.7 Å². The molecule has 0 aliphatic rings. The predicted molar refractivity (Wildman–Crippen MR) is 41.3 cm³/mol. The summed E-state index contributed by atoms with van der Waals surface area (Å²) < 4.78 is 4.71. The molecule has 0 bridgehead atoms. The van der Waals surface area contributed by atoms with E-state index in [0.29, 0.717) is 6.61 Å². The molecule has 0 fully saturated rings. The summed E-state index contributed by atoms with van der Waals surface area (Å²) in [6, 6.07) is 0. The zero-order chi connectivity index (χ0) is 8.69. The Balaban J connectivity index is 3.54. The summed E-state index contributed by atoms with van der Waals surface area (Å²) in [6.45, 7) is 5.13. The number of hydrogen-bond donors (Lipinski definition) is 1. The maximum absolute atomic E-state index is 10.8. The molecule has 65 valence electrons. The van der Waals surface area contributed by atoms with Crippen LogP contribution in [0.25, 0.3) is 0 Å². The molecule has 1 N–H and O–H groups in total. The van der Waals surface area contributed by atoms with Gasteiger partial charge in [-0.05, 0) is 12.8 Å². The van der Waals surface area contributed by atoms with E-state index in [4.69, 9.17) is 9.84 Å². The zero-order valence-electron chi connectivity index (χ0n) is 7.04. The van der Waals surface area contributed by atoms with Crippen LogP contribution in [0.3, 0.4) is 0 Å². The molecule has 3 heteroatoms. The molecule has 0 aliphatic heterocycles. The molecule has 0 heterocycles. The van der Waals surface area contributed by atoms with Crippen LogP contribution in [-0.2, 0) is 9.53 Å². The number of ether oxygens (including phenoxy) is 1. The van der Waals surface area contributed by atoms with Crippen LogP contribution in [0.15, 0.2) is 0 Å². The molecule has 0 amide bonds. The molecule has 1 atom stereocenters. The molecule has 0 aliphatic carbocycles. The van der Waals surface area contributed by atoms with Gasteiger partial charge >= 0.3 is 5.97 Å². The van der Waals surface area contributed by atoms with E-state index in [1.54, 1.807) is 6.92 Å². The molecule has 0 aromatic carbocycles. The zero-order valence-corrected chi connectivity index (χ0v) is 7.04. The van der Waals surface area contributed by atoms with Crippen LogP contribution < -0.4 is 0 Å². The number of aliphatic hydroxyl groups excluding tert-OH is 1. The highest BCUT2D eigenvalue weighted by Crippen LogP contribution is 2.10. The molecule has 11 heavy (non-hydrogen) atoms. The molecule has 0 saturated carbocycles. The summed E-state index contributed by atoms with van der Waals surface area (Å²) in [5.41, 5.74) is 0. The van der Waals surface area contributed by atoms with Gasteiger partial charge in [-0.15, -0.1) is 0 Å². The molecule has 0 aromatic rings. The van der Waals surface area contributed by atoms with E-state index >= 15 is 0 Å². The molecule has 0 saturated heterocycles. The third-order valence-electron chi connectivity index (χ3n) is 1.47. The highest BCUT2D eigenvalue weighted by Gasteiger charge is 2.11. The lowest BCUT2D eigenvalue weighted by atomic mass is 10.0. The fourth-order valence-electron chi connectivity index (χ4n) is 0.736. The maximum atomic E-state index is 10.8. The summed E-state index contributed by atoms with van der Waals surface area (Å²) in [5, 5.41) is 8.61. The summed E-state index contributed by atoms with van der Waals surface area (Å²) in [5.74, 6) is -0.307. The van der Waals surface area contributed by atoms with E-state index in [1.165, 1.54) is 0 Å². The average Bonchev–Trinajstić information content (AvgIpc) is 2.01. The maximum Gasteiger partial charge on any atom is 0.306 e. The van der Waals surface area contributed by atoms with E-state index in [0.717, 1.165) is 13.0 Å². The van der Waals surface area contributed by atoms with Crippen LogP contribution >= 0.6 is 0 Å². The van der Waals surface area contributed by atoms with E-state index in [1.807, 2.05) is 6.92 Å². The van der Waals surface area contributed by atoms with Gasteiger partial charge in [-0.25, -0.2) is 0 Å². The fraction of sp³-hybridized carbons (Fsp3) is 0.750. The fourth-order valence-corrected chi connectivity index (χ4v) is 0.736. The SMILES string of the molecule is CCOC(=O)CC([CH]O)CC. The Morgan fingerprint density at radius 2 is 2.27 bits per heavy atom. The topological polar surface area (TPSA) is 46.5 Å². The lowest BCUT2D eigenvalue weighted by Gasteiger charge is -2.08. The molecular formula is C8H15O3. The van der Waals surface area contributed by atoms with Gasteiger partial charge in [-0.3, -0.25) is 4.79 Å². The second kappa shape index (κ2) is 6.16. The van der Waals surface area contributed by atoms with Crippen molar-refractivity contribution in [2.45, 2.75) is 26.7 Å². The van der Waals surface area contributed by atoms with Crippen molar-refractivity contribution in [1.29, 1.82) is 0 Å². The number of esters is 1. The lowest BCUT2D eigenvalue weighted by molar-refractivity contribution is -0.144. The second-order valence-corrected chi connectivity index (χ2v) is 2.33. The molecule has 1 unspecified atom stereocenters. The Morgan fingerprint density at radius 1 is 1.64 bits per heavy atom. The average molecular weight is 159 g/mol. The molecule has 0 aromatic heterocycles. The first-order valence-electron chi connectivity index (χ1n) is 3.87. The van der Waals surface area contributed by atoms with Crippen LogP contribution in [0.5, 0.6) is 0 Å². The Kier molecular flexibility index (Phi) is 5.84. The van der Waals surface area contributed by atoms with Gasteiger partial charge in [0.05, 0.1) is 19.6 Å². The third-order valence-corrected chi connectivity index (χ3v) is 1.47. The van der Waals surface area contributed by atoms with Gasteiger partial charge in [0, 0.05) is 0 Å². The monoisotopic (exact) mass is 159 g/mol. The smallest absolute Gasteiger partial charge is 0.306 e. The van der Waals surface area contributed by atoms with Gasteiger partial charge < -0.3 is 9.84 Å². The van der Waals surface area contributed by atoms with Crippen molar-refractivity contribution in [1.82, 2.24) is 0 Å². The quantitative estimate of drug-likeness (QED) is 0.618. The van der Waals surface area contributed by atoms with Gasteiger partial charge in [0.1, 0.15) is 0 Å². The van der Waals surface area contributed by atoms with Crippen LogP contribution in [0.4, 0.5) is 0 Å². The van der Waals surface area contributed by atoms with Crippen molar-refractivity contribution < 1.29 is 14.6 Å². The first-order chi connectivity index (χ1) is 5.24. The number of hydrogen-bond acceptors (Lipinski definition) is 3. The van der Waals surface area contributed by atoms with Crippen molar-refractivity contribution in [3.63, 3.8) is 0 Å². The standard InChI is InChI=1S/C8H15O3/c1-3-7(6-9)5-8(10)11-4-2/h6-7,9H,3-5H2,1-2H3. The van der Waals surface area contributed by atoms with Crippen LogP contribution in [-0.4, -0.2) is 17.7 Å². The molecular weight excluding hydrogens is 144 g/mol. The minimum absolute atomic E-state index is 0.0611. The molecule has 0 rings (SSSR count). The van der Waals surface area contributed by atoms with Gasteiger partial charge in [0.15, 0.2) is 0 Å². The highest BCUT2D eigenvalue weighted by atomic mass is 16.5. The number of carbonyl (C=O) groups excluding carboxylic acids is 1. The first kappa shape index (κ1) is 10.4. The van der Waals surface area contributed by atoms with Gasteiger partial charge in [-0.2, -0.15) is 0 Å². The van der Waals surface area contributed by atoms with Gasteiger partial charge in [0.25, 0.3) is 0 Å². The largest absolute Gasteiger partial charge is 0.466 e. The number of carbonyl (C=O) groups is 1. The highest BCUT2D eigenvalue weighted by molar-refractivity contribution is 5.69. The summed E-state index contributed by atoms with van der Waals surface area (Å²) in [6.07, 6.45) is 1.04. The first-order valence-corrected chi connectivity index (χ1v) is 3.87. The van der Waals surface area contributed by atoms with Crippen molar-refractivity contribution in [3.05, 3.63) is 6.61 Å². The number of rotatable bonds is 5. The molecule has 0 spiro atoms. The van der Waals surface area contributed by atoms with Crippen molar-refractivity contribution >= 4 is 5.97 Å². The summed E-state index contributed by atoms with van der Waals surface area (Å²) in [7, 11) is 0.